The van der Waals surface area contributed by atoms with Crippen molar-refractivity contribution in [2.45, 2.75) is 44.6 Å². The average molecular weight is 384 g/mol. The number of carbonyl (C=O) groups excluding carboxylic acids is 2. The smallest absolute Gasteiger partial charge is 0.260 e. The van der Waals surface area contributed by atoms with E-state index in [0.29, 0.717) is 12.8 Å². The molecule has 6 heteroatoms. The summed E-state index contributed by atoms with van der Waals surface area (Å²) in [5, 5.41) is 2.92. The van der Waals surface area contributed by atoms with Gasteiger partial charge in [-0.25, -0.2) is 8.78 Å². The summed E-state index contributed by atoms with van der Waals surface area (Å²) in [6.07, 6.45) is 1.74. The predicted octanol–water partition coefficient (Wildman–Crippen LogP) is 4.18. The first-order chi connectivity index (χ1) is 13.4. The van der Waals surface area contributed by atoms with Crippen LogP contribution >= 0.6 is 0 Å². The van der Waals surface area contributed by atoms with E-state index in [-0.39, 0.29) is 18.0 Å². The summed E-state index contributed by atoms with van der Waals surface area (Å²) >= 11 is 0. The Kier molecular flexibility index (Phi) is 4.44. The first-order valence-corrected chi connectivity index (χ1v) is 9.58. The maximum atomic E-state index is 14.6. The molecule has 2 atom stereocenters. The van der Waals surface area contributed by atoms with Gasteiger partial charge in [0, 0.05) is 12.2 Å². The molecule has 0 unspecified atom stereocenters. The second kappa shape index (κ2) is 6.69. The third-order valence-corrected chi connectivity index (χ3v) is 6.07. The van der Waals surface area contributed by atoms with Crippen LogP contribution in [0.15, 0.2) is 36.4 Å². The summed E-state index contributed by atoms with van der Waals surface area (Å²) in [4.78, 5) is 27.7. The number of benzene rings is 2. The van der Waals surface area contributed by atoms with Crippen LogP contribution in [0.1, 0.15) is 47.7 Å². The number of anilines is 1. The zero-order valence-corrected chi connectivity index (χ0v) is 15.9. The second-order valence-electron chi connectivity index (χ2n) is 7.58. The SMILES string of the molecule is CCC[C@@H]1N(C(=O)c2c(F)ccc(C)c2F)CC[C@@]12C(=O)Nc1ccccc12. The van der Waals surface area contributed by atoms with Gasteiger partial charge in [-0.2, -0.15) is 0 Å². The molecule has 1 saturated heterocycles. The van der Waals surface area contributed by atoms with E-state index < -0.39 is 34.6 Å². The minimum atomic E-state index is -0.876. The van der Waals surface area contributed by atoms with Gasteiger partial charge in [0.1, 0.15) is 17.2 Å². The molecule has 1 fully saturated rings. The number of nitrogens with zero attached hydrogens (tertiary/aromatic N) is 1. The number of para-hydroxylation sites is 1. The fourth-order valence-electron chi connectivity index (χ4n) is 4.72. The highest BCUT2D eigenvalue weighted by Crippen LogP contribution is 2.49. The van der Waals surface area contributed by atoms with Gasteiger partial charge in [0.25, 0.3) is 5.91 Å². The van der Waals surface area contributed by atoms with E-state index in [0.717, 1.165) is 23.7 Å². The third-order valence-electron chi connectivity index (χ3n) is 6.07. The number of aryl methyl sites for hydroxylation is 1. The lowest BCUT2D eigenvalue weighted by molar-refractivity contribution is -0.121. The van der Waals surface area contributed by atoms with E-state index in [9.17, 15) is 18.4 Å². The van der Waals surface area contributed by atoms with Crippen LogP contribution in [0, 0.1) is 18.6 Å². The van der Waals surface area contributed by atoms with E-state index in [1.54, 1.807) is 0 Å². The first-order valence-electron chi connectivity index (χ1n) is 9.58. The average Bonchev–Trinajstić information content (AvgIpc) is 3.19. The Morgan fingerprint density at radius 2 is 2.00 bits per heavy atom. The van der Waals surface area contributed by atoms with E-state index in [1.165, 1.54) is 17.9 Å². The van der Waals surface area contributed by atoms with Gasteiger partial charge >= 0.3 is 0 Å². The van der Waals surface area contributed by atoms with Crippen LogP contribution in [0.25, 0.3) is 0 Å². The van der Waals surface area contributed by atoms with E-state index >= 15 is 0 Å². The van der Waals surface area contributed by atoms with Gasteiger partial charge in [-0.15, -0.1) is 0 Å². The monoisotopic (exact) mass is 384 g/mol. The Balaban J connectivity index is 1.80. The molecule has 0 saturated carbocycles. The zero-order valence-electron chi connectivity index (χ0n) is 15.9. The molecule has 4 nitrogen and oxygen atoms in total. The topological polar surface area (TPSA) is 49.4 Å². The van der Waals surface area contributed by atoms with Gasteiger partial charge in [0.05, 0.1) is 11.5 Å². The highest BCUT2D eigenvalue weighted by molar-refractivity contribution is 6.08. The molecule has 146 valence electrons. The first kappa shape index (κ1) is 18.6. The van der Waals surface area contributed by atoms with Gasteiger partial charge < -0.3 is 10.2 Å². The van der Waals surface area contributed by atoms with Crippen LogP contribution in [-0.2, 0) is 10.2 Å². The number of hydrogen-bond acceptors (Lipinski definition) is 2. The Morgan fingerprint density at radius 1 is 1.25 bits per heavy atom. The Hall–Kier alpha value is -2.76. The number of hydrogen-bond donors (Lipinski definition) is 1. The number of amides is 2. The van der Waals surface area contributed by atoms with E-state index in [4.69, 9.17) is 0 Å². The molecule has 2 aromatic carbocycles. The molecule has 0 aromatic heterocycles. The number of fused-ring (bicyclic) bond motifs is 2. The number of halogens is 2. The normalized spacial score (nSPS) is 23.2. The molecule has 2 aliphatic heterocycles. The quantitative estimate of drug-likeness (QED) is 0.863. The molecular formula is C22H22F2N2O2. The van der Waals surface area contributed by atoms with Gasteiger partial charge in [0.15, 0.2) is 0 Å². The minimum absolute atomic E-state index is 0.146. The lowest BCUT2D eigenvalue weighted by atomic mass is 9.73. The summed E-state index contributed by atoms with van der Waals surface area (Å²) < 4.78 is 29.0. The Bertz CT molecular complexity index is 975. The lowest BCUT2D eigenvalue weighted by Crippen LogP contribution is -2.49. The largest absolute Gasteiger partial charge is 0.334 e. The van der Waals surface area contributed by atoms with Crippen molar-refractivity contribution in [3.8, 4) is 0 Å². The summed E-state index contributed by atoms with van der Waals surface area (Å²) in [6, 6.07) is 9.44. The number of likely N-dealkylation sites (tertiary alicyclic amines) is 1. The molecule has 2 heterocycles. The van der Waals surface area contributed by atoms with Crippen molar-refractivity contribution in [1.29, 1.82) is 0 Å². The fraction of sp³-hybridized carbons (Fsp3) is 0.364. The molecule has 1 N–H and O–H groups in total. The number of nitrogens with one attached hydrogen (secondary N) is 1. The van der Waals surface area contributed by atoms with E-state index in [1.807, 2.05) is 31.2 Å². The molecule has 2 amide bonds. The van der Waals surface area contributed by atoms with Crippen molar-refractivity contribution in [3.63, 3.8) is 0 Å². The minimum Gasteiger partial charge on any atom is -0.334 e. The molecule has 2 aromatic rings. The maximum Gasteiger partial charge on any atom is 0.260 e. The molecule has 0 aliphatic carbocycles. The second-order valence-corrected chi connectivity index (χ2v) is 7.58. The van der Waals surface area contributed by atoms with Gasteiger partial charge in [-0.05, 0) is 43.0 Å². The molecule has 1 spiro atoms. The van der Waals surface area contributed by atoms with Crippen molar-refractivity contribution in [2.24, 2.45) is 0 Å². The van der Waals surface area contributed by atoms with Crippen molar-refractivity contribution in [2.75, 3.05) is 11.9 Å². The summed E-state index contributed by atoms with van der Waals surface area (Å²) in [6.45, 7) is 3.75. The van der Waals surface area contributed by atoms with Gasteiger partial charge in [-0.3, -0.25) is 9.59 Å². The molecular weight excluding hydrogens is 362 g/mol. The molecule has 2 aliphatic rings. The van der Waals surface area contributed by atoms with Crippen LogP contribution in [-0.4, -0.2) is 29.3 Å². The molecule has 28 heavy (non-hydrogen) atoms. The number of rotatable bonds is 3. The van der Waals surface area contributed by atoms with Crippen LogP contribution in [0.2, 0.25) is 0 Å². The third kappa shape index (κ3) is 2.47. The molecule has 0 bridgehead atoms. The van der Waals surface area contributed by atoms with Crippen LogP contribution < -0.4 is 5.32 Å². The van der Waals surface area contributed by atoms with Crippen molar-refractivity contribution >= 4 is 17.5 Å². The highest BCUT2D eigenvalue weighted by atomic mass is 19.1. The van der Waals surface area contributed by atoms with Crippen molar-refractivity contribution < 1.29 is 18.4 Å². The highest BCUT2D eigenvalue weighted by Gasteiger charge is 2.58. The molecule has 4 rings (SSSR count). The van der Waals surface area contributed by atoms with Gasteiger partial charge in [-0.1, -0.05) is 37.6 Å². The lowest BCUT2D eigenvalue weighted by Gasteiger charge is -2.34. The molecule has 0 radical (unpaired) electrons. The van der Waals surface area contributed by atoms with Crippen LogP contribution in [0.3, 0.4) is 0 Å². The summed E-state index contributed by atoms with van der Waals surface area (Å²) in [7, 11) is 0. The predicted molar refractivity (Wildman–Crippen MR) is 102 cm³/mol. The van der Waals surface area contributed by atoms with Crippen LogP contribution in [0.4, 0.5) is 14.5 Å². The Labute approximate surface area is 162 Å². The zero-order chi connectivity index (χ0) is 20.1. The van der Waals surface area contributed by atoms with Crippen LogP contribution in [0.5, 0.6) is 0 Å². The summed E-state index contributed by atoms with van der Waals surface area (Å²) in [5.41, 5.74) is 0.410. The Morgan fingerprint density at radius 3 is 2.75 bits per heavy atom. The van der Waals surface area contributed by atoms with Crippen molar-refractivity contribution in [3.05, 3.63) is 64.7 Å². The standard InChI is InChI=1S/C22H22F2N2O2/c1-3-6-17-22(14-7-4-5-8-16(14)25-21(22)28)11-12-26(17)20(27)18-15(23)10-9-13(2)19(18)24/h4-5,7-10,17H,3,6,11-12H2,1-2H3,(H,25,28)/t17-,22-/m0/s1. The van der Waals surface area contributed by atoms with Crippen molar-refractivity contribution in [1.82, 2.24) is 4.90 Å². The maximum absolute atomic E-state index is 14.6. The summed E-state index contributed by atoms with van der Waals surface area (Å²) in [5.74, 6) is -2.54. The van der Waals surface area contributed by atoms with Gasteiger partial charge in [0.2, 0.25) is 5.91 Å². The van der Waals surface area contributed by atoms with E-state index in [2.05, 4.69) is 5.32 Å². The number of carbonyl (C=O) groups is 2. The fourth-order valence-corrected chi connectivity index (χ4v) is 4.72.